The van der Waals surface area contributed by atoms with Gasteiger partial charge in [0.2, 0.25) is 0 Å². The molecule has 0 aliphatic heterocycles. The van der Waals surface area contributed by atoms with Crippen molar-refractivity contribution in [3.63, 3.8) is 0 Å². The van der Waals surface area contributed by atoms with Crippen LogP contribution in [0, 0.1) is 5.92 Å². The van der Waals surface area contributed by atoms with Gasteiger partial charge in [-0.3, -0.25) is 23.6 Å². The van der Waals surface area contributed by atoms with Crippen molar-refractivity contribution in [2.75, 3.05) is 14.2 Å². The Morgan fingerprint density at radius 3 is 1.63 bits per heavy atom. The first kappa shape index (κ1) is 38.7. The van der Waals surface area contributed by atoms with Gasteiger partial charge in [0, 0.05) is 65.7 Å². The van der Waals surface area contributed by atoms with Crippen molar-refractivity contribution in [1.82, 2.24) is 39.2 Å². The number of carbonyl (C=O) groups is 2. The molecule has 8 aromatic rings. The van der Waals surface area contributed by atoms with Gasteiger partial charge in [-0.1, -0.05) is 0 Å². The number of carboxylic acids is 1. The number of aromatic carboxylic acids is 1. The molecule has 2 aromatic carbocycles. The molecule has 59 heavy (non-hydrogen) atoms. The van der Waals surface area contributed by atoms with E-state index in [1.165, 1.54) is 25.1 Å². The maximum absolute atomic E-state index is 12.4. The van der Waals surface area contributed by atoms with Gasteiger partial charge in [-0.25, -0.2) is 4.79 Å². The van der Waals surface area contributed by atoms with E-state index in [9.17, 15) is 9.59 Å². The minimum absolute atomic E-state index is 0.134. The van der Waals surface area contributed by atoms with E-state index in [1.807, 2.05) is 65.2 Å². The zero-order valence-electron chi connectivity index (χ0n) is 32.4. The highest BCUT2D eigenvalue weighted by Crippen LogP contribution is 2.34. The lowest BCUT2D eigenvalue weighted by Gasteiger charge is -2.09. The van der Waals surface area contributed by atoms with Crippen molar-refractivity contribution < 1.29 is 33.6 Å². The molecule has 2 fully saturated rings. The summed E-state index contributed by atoms with van der Waals surface area (Å²) in [6.45, 7) is 0.363. The summed E-state index contributed by atoms with van der Waals surface area (Å²) in [6.07, 6.45) is 12.1. The zero-order valence-corrected chi connectivity index (χ0v) is 32.4. The van der Waals surface area contributed by atoms with Crippen LogP contribution in [0.2, 0.25) is 0 Å². The Bertz CT molecular complexity index is 2800. The molecular formula is C43H41N9O7. The first-order chi connectivity index (χ1) is 28.8. The number of hydrogen-bond acceptors (Lipinski definition) is 13. The molecule has 0 atom stereocenters. The van der Waals surface area contributed by atoms with E-state index >= 15 is 0 Å². The fourth-order valence-electron chi connectivity index (χ4n) is 6.16. The lowest BCUT2D eigenvalue weighted by atomic mass is 10.1. The van der Waals surface area contributed by atoms with Gasteiger partial charge in [0.15, 0.2) is 28.7 Å². The fraction of sp³-hybridized carbons (Fsp3) is 0.256. The number of nitrogens with zero attached hydrogens (tertiary/aromatic N) is 8. The molecule has 6 aromatic heterocycles. The van der Waals surface area contributed by atoms with Crippen molar-refractivity contribution >= 4 is 44.9 Å². The van der Waals surface area contributed by atoms with Crippen LogP contribution in [-0.2, 0) is 13.2 Å². The van der Waals surface area contributed by atoms with Gasteiger partial charge in [0.25, 0.3) is 0 Å². The van der Waals surface area contributed by atoms with Gasteiger partial charge >= 0.3 is 5.97 Å². The average Bonchev–Trinajstić information content (AvgIpc) is 4.18. The first-order valence-electron chi connectivity index (χ1n) is 19.1. The van der Waals surface area contributed by atoms with Gasteiger partial charge in [0.05, 0.1) is 30.8 Å². The Hall–Kier alpha value is -7.20. The van der Waals surface area contributed by atoms with Crippen LogP contribution in [-0.4, -0.2) is 76.3 Å². The van der Waals surface area contributed by atoms with Crippen LogP contribution < -0.4 is 24.7 Å². The Labute approximate surface area is 337 Å². The third-order valence-corrected chi connectivity index (χ3v) is 9.84. The van der Waals surface area contributed by atoms with Crippen molar-refractivity contribution in [1.29, 1.82) is 0 Å². The van der Waals surface area contributed by atoms with Gasteiger partial charge in [0.1, 0.15) is 36.2 Å². The number of pyridine rings is 4. The Balaban J connectivity index is 0.000000150. The molecule has 0 saturated heterocycles. The van der Waals surface area contributed by atoms with Gasteiger partial charge in [-0.05, 0) is 92.3 Å². The number of rotatable bonds is 12. The quantitative estimate of drug-likeness (QED) is 0.127. The zero-order chi connectivity index (χ0) is 40.9. The second-order valence-corrected chi connectivity index (χ2v) is 14.2. The van der Waals surface area contributed by atoms with Crippen LogP contribution in [0.15, 0.2) is 97.6 Å². The summed E-state index contributed by atoms with van der Waals surface area (Å²) >= 11 is 0. The predicted molar refractivity (Wildman–Crippen MR) is 217 cm³/mol. The SMILES string of the molecule is COc1ccc2c(OCc3nnc4ccc(C(=O)CC5CC5)cn34)ccnc2c1.COc1ccc2c(OCc3nnc4ccc(C(=O)O)cn34)ccnc2c1.NC1CC1. The van der Waals surface area contributed by atoms with Crippen molar-refractivity contribution in [2.45, 2.75) is 51.4 Å². The standard InChI is InChI=1S/C22H20N4O3.C18H14N4O4.C3H7N/c1-28-16-5-6-17-18(11-16)23-9-8-20(17)29-13-22-25-24-21-7-4-15(12-26(21)22)19(27)10-14-2-3-14;1-25-12-3-4-13-14(8-12)19-7-6-15(13)26-10-17-21-20-16-5-2-11(18(23)24)9-22(16)17;4-3-1-2-3/h4-9,11-12,14H,2-3,10,13H2,1H3;2-9H,10H2,1H3,(H,23,24);3H,1-2,4H2. The molecule has 0 bridgehead atoms. The molecule has 2 aliphatic carbocycles. The molecule has 300 valence electrons. The van der Waals surface area contributed by atoms with Crippen molar-refractivity contribution in [3.05, 3.63) is 120 Å². The van der Waals surface area contributed by atoms with Crippen LogP contribution in [0.25, 0.3) is 33.1 Å². The van der Waals surface area contributed by atoms with Gasteiger partial charge < -0.3 is 29.8 Å². The number of carbonyl (C=O) groups excluding carboxylic acids is 1. The molecule has 16 nitrogen and oxygen atoms in total. The van der Waals surface area contributed by atoms with E-state index < -0.39 is 5.97 Å². The van der Waals surface area contributed by atoms with Crippen LogP contribution in [0.3, 0.4) is 0 Å². The maximum atomic E-state index is 12.4. The summed E-state index contributed by atoms with van der Waals surface area (Å²) < 4.78 is 25.8. The molecule has 10 rings (SSSR count). The summed E-state index contributed by atoms with van der Waals surface area (Å²) in [5, 5.41) is 27.4. The molecule has 2 saturated carbocycles. The molecule has 6 heterocycles. The minimum Gasteiger partial charge on any atom is -0.497 e. The van der Waals surface area contributed by atoms with E-state index in [4.69, 9.17) is 29.8 Å². The second-order valence-electron chi connectivity index (χ2n) is 14.2. The topological polar surface area (TPSA) is 203 Å². The molecule has 0 amide bonds. The number of fused-ring (bicyclic) bond motifs is 4. The number of ketones is 1. The molecule has 0 radical (unpaired) electrons. The predicted octanol–water partition coefficient (Wildman–Crippen LogP) is 6.52. The normalized spacial score (nSPS) is 13.3. The summed E-state index contributed by atoms with van der Waals surface area (Å²) in [5.74, 6) is 3.66. The Kier molecular flexibility index (Phi) is 11.2. The van der Waals surface area contributed by atoms with Crippen LogP contribution >= 0.6 is 0 Å². The summed E-state index contributed by atoms with van der Waals surface area (Å²) in [6, 6.07) is 22.1. The summed E-state index contributed by atoms with van der Waals surface area (Å²) in [5.41, 5.74) is 8.85. The summed E-state index contributed by atoms with van der Waals surface area (Å²) in [7, 11) is 3.23. The van der Waals surface area contributed by atoms with Crippen LogP contribution in [0.5, 0.6) is 23.0 Å². The van der Waals surface area contributed by atoms with Crippen molar-refractivity contribution in [2.24, 2.45) is 11.7 Å². The number of Topliss-reactive ketones (excluding diaryl/α,β-unsaturated/α-hetero) is 1. The van der Waals surface area contributed by atoms with Gasteiger partial charge in [-0.2, -0.15) is 0 Å². The van der Waals surface area contributed by atoms with E-state index in [0.717, 1.165) is 40.4 Å². The number of aromatic nitrogens is 8. The highest BCUT2D eigenvalue weighted by molar-refractivity contribution is 5.96. The van der Waals surface area contributed by atoms with E-state index in [1.54, 1.807) is 43.1 Å². The van der Waals surface area contributed by atoms with Gasteiger partial charge in [-0.15, -0.1) is 20.4 Å². The molecular weight excluding hydrogens is 755 g/mol. The Morgan fingerprint density at radius 1 is 0.678 bits per heavy atom. The molecule has 0 unspecified atom stereocenters. The number of carboxylic acid groups (broad SMARTS) is 1. The lowest BCUT2D eigenvalue weighted by Crippen LogP contribution is -2.05. The average molecular weight is 796 g/mol. The molecule has 3 N–H and O–H groups in total. The number of ether oxygens (including phenoxy) is 4. The van der Waals surface area contributed by atoms with E-state index in [0.29, 0.717) is 64.1 Å². The van der Waals surface area contributed by atoms with Crippen LogP contribution in [0.1, 0.15) is 64.5 Å². The van der Waals surface area contributed by atoms with Crippen LogP contribution in [0.4, 0.5) is 0 Å². The second kappa shape index (κ2) is 17.1. The number of nitrogens with two attached hydrogens (primary N) is 1. The minimum atomic E-state index is -1.01. The highest BCUT2D eigenvalue weighted by Gasteiger charge is 2.25. The monoisotopic (exact) mass is 795 g/mol. The summed E-state index contributed by atoms with van der Waals surface area (Å²) in [4.78, 5) is 32.3. The number of hydrogen-bond donors (Lipinski definition) is 2. The highest BCUT2D eigenvalue weighted by atomic mass is 16.5. The fourth-order valence-corrected chi connectivity index (χ4v) is 6.16. The number of methoxy groups -OCH3 is 2. The first-order valence-corrected chi connectivity index (χ1v) is 19.1. The lowest BCUT2D eigenvalue weighted by molar-refractivity contribution is 0.0696. The third kappa shape index (κ3) is 9.18. The molecule has 16 heteroatoms. The number of benzene rings is 2. The Morgan fingerprint density at radius 2 is 1.17 bits per heavy atom. The van der Waals surface area contributed by atoms with E-state index in [2.05, 4.69) is 30.4 Å². The molecule has 2 aliphatic rings. The smallest absolute Gasteiger partial charge is 0.337 e. The maximum Gasteiger partial charge on any atom is 0.337 e. The van der Waals surface area contributed by atoms with Crippen molar-refractivity contribution in [3.8, 4) is 23.0 Å². The third-order valence-electron chi connectivity index (χ3n) is 9.84. The van der Waals surface area contributed by atoms with E-state index in [-0.39, 0.29) is 24.6 Å². The largest absolute Gasteiger partial charge is 0.497 e. The molecule has 0 spiro atoms.